The summed E-state index contributed by atoms with van der Waals surface area (Å²) in [6, 6.07) is 5.97. The third-order valence-electron chi connectivity index (χ3n) is 3.26. The smallest absolute Gasteiger partial charge is 0.133 e. The lowest BCUT2D eigenvalue weighted by Crippen LogP contribution is -2.33. The molecule has 0 saturated heterocycles. The molecule has 0 radical (unpaired) electrons. The van der Waals surface area contributed by atoms with Gasteiger partial charge in [-0.15, -0.1) is 0 Å². The van der Waals surface area contributed by atoms with Crippen molar-refractivity contribution in [3.8, 4) is 0 Å². The topological polar surface area (TPSA) is 36.4 Å². The molecule has 0 fully saturated rings. The van der Waals surface area contributed by atoms with E-state index < -0.39 is 0 Å². The van der Waals surface area contributed by atoms with Gasteiger partial charge in [-0.2, -0.15) is 0 Å². The van der Waals surface area contributed by atoms with Crippen LogP contribution in [0.2, 0.25) is 0 Å². The zero-order chi connectivity index (χ0) is 13.4. The lowest BCUT2D eigenvalue weighted by molar-refractivity contribution is 0.356. The van der Waals surface area contributed by atoms with E-state index in [9.17, 15) is 5.11 Å². The van der Waals surface area contributed by atoms with Gasteiger partial charge in [-0.25, -0.2) is 4.98 Å². The quantitative estimate of drug-likeness (QED) is 0.780. The molecule has 1 N–H and O–H groups in total. The molecule has 0 spiro atoms. The molecule has 3 nitrogen and oxygen atoms in total. The maximum atomic E-state index is 9.71. The molecule has 0 aliphatic carbocycles. The van der Waals surface area contributed by atoms with Crippen molar-refractivity contribution in [2.24, 2.45) is 0 Å². The van der Waals surface area contributed by atoms with E-state index >= 15 is 0 Å². The summed E-state index contributed by atoms with van der Waals surface area (Å²) in [5.74, 6) is 0.159. The van der Waals surface area contributed by atoms with Gasteiger partial charge in [0.15, 0.2) is 0 Å². The van der Waals surface area contributed by atoms with Crippen LogP contribution < -0.4 is 0 Å². The van der Waals surface area contributed by atoms with E-state index in [1.807, 2.05) is 18.2 Å². The average Bonchev–Trinajstić information content (AvgIpc) is 2.39. The van der Waals surface area contributed by atoms with E-state index in [0.717, 1.165) is 28.8 Å². The maximum absolute atomic E-state index is 9.71. The average molecular weight is 340 g/mol. The van der Waals surface area contributed by atoms with Gasteiger partial charge in [0.2, 0.25) is 0 Å². The fourth-order valence-electron chi connectivity index (χ4n) is 2.38. The number of allylic oxidation sites excluding steroid dienone is 2. The predicted octanol–water partition coefficient (Wildman–Crippen LogP) is 4.19. The number of pyridine rings is 1. The molecular weight excluding hydrogens is 328 g/mol. The predicted molar refractivity (Wildman–Crippen MR) is 79.4 cm³/mol. The van der Waals surface area contributed by atoms with E-state index in [-0.39, 0.29) is 11.8 Å². The molecule has 2 aliphatic heterocycles. The Morgan fingerprint density at radius 2 is 2.26 bits per heavy atom. The van der Waals surface area contributed by atoms with Crippen molar-refractivity contribution >= 4 is 33.2 Å². The summed E-state index contributed by atoms with van der Waals surface area (Å²) in [5.41, 5.74) is 1.93. The van der Waals surface area contributed by atoms with Crippen LogP contribution in [-0.2, 0) is 0 Å². The fourth-order valence-corrected chi connectivity index (χ4v) is 2.89. The molecule has 1 aromatic heterocycles. The summed E-state index contributed by atoms with van der Waals surface area (Å²) < 4.78 is 0.804. The number of aromatic nitrogens is 1. The third-order valence-corrected chi connectivity index (χ3v) is 3.99. The second kappa shape index (κ2) is 5.02. The van der Waals surface area contributed by atoms with Crippen molar-refractivity contribution in [2.45, 2.75) is 18.9 Å². The Morgan fingerprint density at radius 1 is 1.42 bits per heavy atom. The van der Waals surface area contributed by atoms with E-state index in [0.29, 0.717) is 5.03 Å². The third kappa shape index (κ3) is 2.42. The first-order valence-corrected chi connectivity index (χ1v) is 7.22. The van der Waals surface area contributed by atoms with Crippen LogP contribution in [0.25, 0.3) is 5.70 Å². The number of rotatable bonds is 1. The largest absolute Gasteiger partial charge is 0.507 e. The number of nitrogens with zero attached hydrogens (tertiary/aromatic N) is 2. The SMILES string of the molecule is OC1=CC2CCC=C(c3cccc(Br)n3)N2C=C1Cl. The van der Waals surface area contributed by atoms with Crippen LogP contribution in [0.3, 0.4) is 0 Å². The van der Waals surface area contributed by atoms with Crippen LogP contribution >= 0.6 is 27.5 Å². The Bertz CT molecular complexity index is 609. The molecule has 2 aliphatic rings. The van der Waals surface area contributed by atoms with Gasteiger partial charge in [-0.1, -0.05) is 23.7 Å². The normalized spacial score (nSPS) is 22.3. The molecule has 1 aromatic rings. The van der Waals surface area contributed by atoms with Crippen LogP contribution in [-0.4, -0.2) is 21.0 Å². The highest BCUT2D eigenvalue weighted by molar-refractivity contribution is 9.10. The number of aliphatic hydroxyl groups excluding tert-OH is 1. The van der Waals surface area contributed by atoms with Gasteiger partial charge >= 0.3 is 0 Å². The summed E-state index contributed by atoms with van der Waals surface area (Å²) in [7, 11) is 0. The Kier molecular flexibility index (Phi) is 3.37. The van der Waals surface area contributed by atoms with E-state index in [4.69, 9.17) is 11.6 Å². The zero-order valence-electron chi connectivity index (χ0n) is 10.1. The van der Waals surface area contributed by atoms with Gasteiger partial charge in [-0.05, 0) is 47.0 Å². The molecule has 0 amide bonds. The van der Waals surface area contributed by atoms with E-state index in [2.05, 4.69) is 31.9 Å². The summed E-state index contributed by atoms with van der Waals surface area (Å²) in [4.78, 5) is 6.55. The highest BCUT2D eigenvalue weighted by atomic mass is 79.9. The molecule has 19 heavy (non-hydrogen) atoms. The second-order valence-electron chi connectivity index (χ2n) is 4.52. The summed E-state index contributed by atoms with van der Waals surface area (Å²) >= 11 is 9.40. The van der Waals surface area contributed by atoms with Crippen molar-refractivity contribution < 1.29 is 5.11 Å². The number of aliphatic hydroxyl groups is 1. The highest BCUT2D eigenvalue weighted by Gasteiger charge is 2.27. The number of fused-ring (bicyclic) bond motifs is 1. The molecule has 0 bridgehead atoms. The molecule has 3 rings (SSSR count). The van der Waals surface area contributed by atoms with Gasteiger partial charge < -0.3 is 10.0 Å². The summed E-state index contributed by atoms with van der Waals surface area (Å²) in [6.07, 6.45) is 7.65. The Labute approximate surface area is 125 Å². The minimum absolute atomic E-state index is 0.142. The van der Waals surface area contributed by atoms with Crippen molar-refractivity contribution in [1.82, 2.24) is 9.88 Å². The Morgan fingerprint density at radius 3 is 3.05 bits per heavy atom. The van der Waals surface area contributed by atoms with E-state index in [1.54, 1.807) is 12.3 Å². The number of hydrogen-bond acceptors (Lipinski definition) is 3. The second-order valence-corrected chi connectivity index (χ2v) is 5.74. The molecule has 98 valence electrons. The Balaban J connectivity index is 2.01. The van der Waals surface area contributed by atoms with Crippen LogP contribution in [0.4, 0.5) is 0 Å². The number of hydrogen-bond donors (Lipinski definition) is 1. The fraction of sp³-hybridized carbons (Fsp3) is 0.214. The monoisotopic (exact) mass is 338 g/mol. The standard InChI is InChI=1S/C14H12BrClN2O/c15-14-6-2-4-11(17-14)12-5-1-3-9-7-13(19)10(16)8-18(9)12/h2,4-9,19H,1,3H2. The van der Waals surface area contributed by atoms with Crippen LogP contribution in [0.5, 0.6) is 0 Å². The lowest BCUT2D eigenvalue weighted by atomic mass is 9.99. The van der Waals surface area contributed by atoms with Crippen molar-refractivity contribution in [3.63, 3.8) is 0 Å². The zero-order valence-corrected chi connectivity index (χ0v) is 12.4. The Hall–Kier alpha value is -1.26. The molecule has 5 heteroatoms. The molecule has 1 atom stereocenters. The van der Waals surface area contributed by atoms with Crippen molar-refractivity contribution in [3.05, 3.63) is 57.6 Å². The van der Waals surface area contributed by atoms with Crippen LogP contribution in [0.15, 0.2) is 51.9 Å². The maximum Gasteiger partial charge on any atom is 0.133 e. The van der Waals surface area contributed by atoms with Gasteiger partial charge in [0.05, 0.1) is 22.5 Å². The summed E-state index contributed by atoms with van der Waals surface area (Å²) in [6.45, 7) is 0. The lowest BCUT2D eigenvalue weighted by Gasteiger charge is -2.36. The first kappa shape index (κ1) is 12.8. The van der Waals surface area contributed by atoms with Gasteiger partial charge in [0.25, 0.3) is 0 Å². The van der Waals surface area contributed by atoms with Crippen LogP contribution in [0, 0.1) is 0 Å². The highest BCUT2D eigenvalue weighted by Crippen LogP contribution is 2.34. The first-order valence-electron chi connectivity index (χ1n) is 6.05. The molecule has 1 unspecified atom stereocenters. The van der Waals surface area contributed by atoms with Gasteiger partial charge in [0.1, 0.15) is 10.4 Å². The minimum atomic E-state index is 0.142. The van der Waals surface area contributed by atoms with E-state index in [1.165, 1.54) is 0 Å². The van der Waals surface area contributed by atoms with Gasteiger partial charge in [-0.3, -0.25) is 0 Å². The number of halogens is 2. The van der Waals surface area contributed by atoms with Crippen molar-refractivity contribution in [2.75, 3.05) is 0 Å². The molecular formula is C14H12BrClN2O. The van der Waals surface area contributed by atoms with Crippen LogP contribution in [0.1, 0.15) is 18.5 Å². The summed E-state index contributed by atoms with van der Waals surface area (Å²) in [5, 5.41) is 10.1. The molecule has 3 heterocycles. The minimum Gasteiger partial charge on any atom is -0.507 e. The molecule has 0 saturated carbocycles. The van der Waals surface area contributed by atoms with Crippen molar-refractivity contribution in [1.29, 1.82) is 0 Å². The molecule has 0 aromatic carbocycles. The van der Waals surface area contributed by atoms with Gasteiger partial charge in [0, 0.05) is 6.20 Å². The first-order chi connectivity index (χ1) is 9.15.